The van der Waals surface area contributed by atoms with Crippen LogP contribution in [0, 0.1) is 3.57 Å². The Balaban J connectivity index is 2.34. The number of nitrogens with zero attached hydrogens (tertiary/aromatic N) is 2. The zero-order valence-corrected chi connectivity index (χ0v) is 18.2. The maximum Gasteiger partial charge on any atom is 0.417 e. The fraction of sp³-hybridized carbons (Fsp3) is 0.400. The molecule has 0 unspecified atom stereocenters. The molecule has 0 fully saturated rings. The summed E-state index contributed by atoms with van der Waals surface area (Å²) in [6, 6.07) is 11.1. The maximum absolute atomic E-state index is 13.2. The van der Waals surface area contributed by atoms with E-state index in [4.69, 9.17) is 9.47 Å². The number of hydrogen-bond acceptors (Lipinski definition) is 4. The van der Waals surface area contributed by atoms with E-state index in [1.54, 1.807) is 43.7 Å². The Bertz CT molecular complexity index is 795. The first kappa shape index (κ1) is 21.4. The number of imide groups is 1. The summed E-state index contributed by atoms with van der Waals surface area (Å²) in [6.07, 6.45) is 1.08. The first-order valence-electron chi connectivity index (χ1n) is 8.74. The average molecular weight is 484 g/mol. The van der Waals surface area contributed by atoms with Gasteiger partial charge in [0.15, 0.2) is 0 Å². The molecule has 0 atom stereocenters. The number of halogens is 1. The number of benzene rings is 1. The third kappa shape index (κ3) is 6.07. The molecule has 27 heavy (non-hydrogen) atoms. The van der Waals surface area contributed by atoms with E-state index in [0.717, 1.165) is 14.0 Å². The molecule has 0 N–H and O–H groups in total. The molecule has 2 amide bonds. The van der Waals surface area contributed by atoms with Crippen molar-refractivity contribution in [3.8, 4) is 0 Å². The van der Waals surface area contributed by atoms with Gasteiger partial charge in [0, 0.05) is 16.4 Å². The van der Waals surface area contributed by atoms with E-state index >= 15 is 0 Å². The Morgan fingerprint density at radius 2 is 1.85 bits per heavy atom. The van der Waals surface area contributed by atoms with Gasteiger partial charge in [-0.1, -0.05) is 18.2 Å². The third-order valence-electron chi connectivity index (χ3n) is 3.63. The highest BCUT2D eigenvalue weighted by Crippen LogP contribution is 2.19. The summed E-state index contributed by atoms with van der Waals surface area (Å²) in [5, 5.41) is 0. The van der Waals surface area contributed by atoms with Gasteiger partial charge in [-0.3, -0.25) is 4.79 Å². The van der Waals surface area contributed by atoms with Crippen molar-refractivity contribution in [1.82, 2.24) is 9.47 Å². The first-order valence-corrected chi connectivity index (χ1v) is 9.82. The van der Waals surface area contributed by atoms with Crippen molar-refractivity contribution in [3.63, 3.8) is 0 Å². The molecule has 7 heteroatoms. The Morgan fingerprint density at radius 3 is 2.48 bits per heavy atom. The van der Waals surface area contributed by atoms with E-state index < -0.39 is 17.6 Å². The number of hydrogen-bond donors (Lipinski definition) is 0. The van der Waals surface area contributed by atoms with E-state index in [9.17, 15) is 9.59 Å². The van der Waals surface area contributed by atoms with Crippen LogP contribution < -0.4 is 0 Å². The van der Waals surface area contributed by atoms with Crippen molar-refractivity contribution < 1.29 is 19.1 Å². The van der Waals surface area contributed by atoms with Gasteiger partial charge in [-0.2, -0.15) is 0 Å². The van der Waals surface area contributed by atoms with Gasteiger partial charge in [0.1, 0.15) is 18.0 Å². The smallest absolute Gasteiger partial charge is 0.417 e. The highest BCUT2D eigenvalue weighted by Gasteiger charge is 2.30. The number of aromatic nitrogens is 1. The van der Waals surface area contributed by atoms with Crippen molar-refractivity contribution in [3.05, 3.63) is 57.4 Å². The van der Waals surface area contributed by atoms with Gasteiger partial charge in [-0.05, 0) is 74.0 Å². The fourth-order valence-corrected chi connectivity index (χ4v) is 2.94. The summed E-state index contributed by atoms with van der Waals surface area (Å²) in [6.45, 7) is 8.12. The maximum atomic E-state index is 13.2. The minimum atomic E-state index is -0.702. The van der Waals surface area contributed by atoms with Gasteiger partial charge in [0.2, 0.25) is 0 Å². The highest BCUT2D eigenvalue weighted by atomic mass is 127. The first-order chi connectivity index (χ1) is 12.7. The van der Waals surface area contributed by atoms with Gasteiger partial charge in [-0.15, -0.1) is 0 Å². The molecular weight excluding hydrogens is 459 g/mol. The lowest BCUT2D eigenvalue weighted by Gasteiger charge is -2.27. The molecule has 2 aromatic rings. The number of carbonyl (C=O) groups excluding carboxylic acids is 2. The number of amides is 2. The molecular formula is C20H25IN2O4. The van der Waals surface area contributed by atoms with E-state index in [-0.39, 0.29) is 13.3 Å². The lowest BCUT2D eigenvalue weighted by Crippen LogP contribution is -2.41. The zero-order chi connectivity index (χ0) is 20.0. The Kier molecular flexibility index (Phi) is 7.43. The van der Waals surface area contributed by atoms with Crippen molar-refractivity contribution in [2.24, 2.45) is 0 Å². The van der Waals surface area contributed by atoms with Crippen LogP contribution in [0.4, 0.5) is 4.79 Å². The monoisotopic (exact) mass is 484 g/mol. The van der Waals surface area contributed by atoms with Crippen LogP contribution in [-0.4, -0.2) is 33.7 Å². The Hall–Kier alpha value is -1.87. The normalized spacial score (nSPS) is 11.3. The number of ether oxygens (including phenoxy) is 2. The van der Waals surface area contributed by atoms with Crippen LogP contribution in [0.1, 0.15) is 43.7 Å². The predicted octanol–water partition coefficient (Wildman–Crippen LogP) is 4.66. The summed E-state index contributed by atoms with van der Waals surface area (Å²) >= 11 is 2.19. The standard InChI is InChI=1S/C20H25IN2O4/c1-5-26-14-22-12-8-11-17(22)18(24)23(19(25)27-20(2,3)4)13-15-9-6-7-10-16(15)21/h6-12H,5,13-14H2,1-4H3. The van der Waals surface area contributed by atoms with Crippen LogP contribution in [0.3, 0.4) is 0 Å². The molecule has 0 bridgehead atoms. The Morgan fingerprint density at radius 1 is 1.15 bits per heavy atom. The molecule has 1 aromatic heterocycles. The van der Waals surface area contributed by atoms with Crippen molar-refractivity contribution in [2.45, 2.75) is 46.6 Å². The van der Waals surface area contributed by atoms with Gasteiger partial charge >= 0.3 is 6.09 Å². The second kappa shape index (κ2) is 9.36. The lowest BCUT2D eigenvalue weighted by atomic mass is 10.2. The van der Waals surface area contributed by atoms with Crippen molar-refractivity contribution in [1.29, 1.82) is 0 Å². The quantitative estimate of drug-likeness (QED) is 0.560. The molecule has 0 spiro atoms. The summed E-state index contributed by atoms with van der Waals surface area (Å²) in [7, 11) is 0. The van der Waals surface area contributed by atoms with Crippen LogP contribution >= 0.6 is 22.6 Å². The predicted molar refractivity (Wildman–Crippen MR) is 111 cm³/mol. The van der Waals surface area contributed by atoms with Gasteiger partial charge in [-0.25, -0.2) is 9.69 Å². The van der Waals surface area contributed by atoms with E-state index in [2.05, 4.69) is 22.6 Å². The average Bonchev–Trinajstić information content (AvgIpc) is 3.05. The summed E-state index contributed by atoms with van der Waals surface area (Å²) in [5.74, 6) is -0.423. The SMILES string of the molecule is CCOCn1cccc1C(=O)N(Cc1ccccc1I)C(=O)OC(C)(C)C. The summed E-state index contributed by atoms with van der Waals surface area (Å²) in [4.78, 5) is 27.1. The van der Waals surface area contributed by atoms with Crippen molar-refractivity contribution in [2.75, 3.05) is 6.61 Å². The molecule has 0 radical (unpaired) electrons. The topological polar surface area (TPSA) is 60.8 Å². The number of rotatable bonds is 6. The molecule has 0 aliphatic heterocycles. The minimum Gasteiger partial charge on any atom is -0.443 e. The van der Waals surface area contributed by atoms with Crippen molar-refractivity contribution >= 4 is 34.6 Å². The molecule has 146 valence electrons. The van der Waals surface area contributed by atoms with Crippen LogP contribution in [0.5, 0.6) is 0 Å². The van der Waals surface area contributed by atoms with Gasteiger partial charge in [0.05, 0.1) is 6.54 Å². The van der Waals surface area contributed by atoms with Gasteiger partial charge in [0.25, 0.3) is 5.91 Å². The second-order valence-corrected chi connectivity index (χ2v) is 8.11. The molecule has 1 aromatic carbocycles. The molecule has 1 heterocycles. The van der Waals surface area contributed by atoms with Crippen LogP contribution in [0.2, 0.25) is 0 Å². The Labute approximate surface area is 173 Å². The molecule has 0 saturated heterocycles. The van der Waals surface area contributed by atoms with Crippen LogP contribution in [-0.2, 0) is 22.7 Å². The molecule has 2 rings (SSSR count). The summed E-state index contributed by atoms with van der Waals surface area (Å²) < 4.78 is 13.5. The zero-order valence-electron chi connectivity index (χ0n) is 16.1. The van der Waals surface area contributed by atoms with E-state index in [1.807, 2.05) is 31.2 Å². The largest absolute Gasteiger partial charge is 0.443 e. The van der Waals surface area contributed by atoms with E-state index in [0.29, 0.717) is 12.3 Å². The molecule has 0 aliphatic carbocycles. The second-order valence-electron chi connectivity index (χ2n) is 6.95. The number of carbonyl (C=O) groups is 2. The minimum absolute atomic E-state index is 0.132. The molecule has 0 saturated carbocycles. The lowest BCUT2D eigenvalue weighted by molar-refractivity contribution is 0.0216. The fourth-order valence-electron chi connectivity index (χ4n) is 2.38. The molecule has 6 nitrogen and oxygen atoms in total. The highest BCUT2D eigenvalue weighted by molar-refractivity contribution is 14.1. The van der Waals surface area contributed by atoms with Crippen LogP contribution in [0.25, 0.3) is 0 Å². The summed E-state index contributed by atoms with van der Waals surface area (Å²) in [5.41, 5.74) is 0.549. The molecule has 0 aliphatic rings. The van der Waals surface area contributed by atoms with Crippen LogP contribution in [0.15, 0.2) is 42.6 Å². The van der Waals surface area contributed by atoms with E-state index in [1.165, 1.54) is 0 Å². The van der Waals surface area contributed by atoms with Gasteiger partial charge < -0.3 is 14.0 Å². The third-order valence-corrected chi connectivity index (χ3v) is 4.68.